The molecular weight excluding hydrogens is 464 g/mol. The Kier molecular flexibility index (Phi) is 5.41. The predicted octanol–water partition coefficient (Wildman–Crippen LogP) is 8.24. The van der Waals surface area contributed by atoms with Crippen LogP contribution in [0.3, 0.4) is 0 Å². The van der Waals surface area contributed by atoms with Gasteiger partial charge in [-0.1, -0.05) is 115 Å². The summed E-state index contributed by atoms with van der Waals surface area (Å²) in [4.78, 5) is 20.1. The summed E-state index contributed by atoms with van der Waals surface area (Å²) in [6.45, 7) is 0. The van der Waals surface area contributed by atoms with Crippen molar-refractivity contribution in [2.24, 2.45) is 0 Å². The molecule has 0 saturated heterocycles. The lowest BCUT2D eigenvalue weighted by atomic mass is 10.1. The fourth-order valence-corrected chi connectivity index (χ4v) is 4.77. The Morgan fingerprint density at radius 1 is 0.368 bits per heavy atom. The van der Waals surface area contributed by atoms with Crippen LogP contribution in [0.15, 0.2) is 133 Å². The molecule has 0 aliphatic heterocycles. The monoisotopic (exact) mass is 486 g/mol. The summed E-state index contributed by atoms with van der Waals surface area (Å²) >= 11 is 0. The molecule has 0 amide bonds. The zero-order valence-electron chi connectivity index (χ0n) is 20.5. The fraction of sp³-hybridized carbons (Fsp3) is 0. The van der Waals surface area contributed by atoms with Crippen LogP contribution >= 0.6 is 0 Å². The Balaban J connectivity index is 1.48. The van der Waals surface area contributed by atoms with Gasteiger partial charge in [-0.05, 0) is 29.0 Å². The number of benzene rings is 5. The van der Waals surface area contributed by atoms with Gasteiger partial charge < -0.3 is 0 Å². The molecule has 0 bridgehead atoms. The second-order valence-corrected chi connectivity index (χ2v) is 9.17. The highest BCUT2D eigenvalue weighted by molar-refractivity contribution is 5.93. The molecule has 0 spiro atoms. The standard InChI is InChI=1S/C34H22N4/c1-3-12-24(13-4-1)30-22-31(25-14-5-2-6-15-25)37-34(36-30)32-28-17-9-10-18-29(28)35-33(38-32)27-20-19-23-11-7-8-16-26(23)21-27/h1-22H. The van der Waals surface area contributed by atoms with Crippen molar-refractivity contribution in [2.45, 2.75) is 0 Å². The maximum absolute atomic E-state index is 5.08. The van der Waals surface area contributed by atoms with Gasteiger partial charge in [0.1, 0.15) is 5.69 Å². The second-order valence-electron chi connectivity index (χ2n) is 9.17. The van der Waals surface area contributed by atoms with E-state index in [9.17, 15) is 0 Å². The summed E-state index contributed by atoms with van der Waals surface area (Å²) in [7, 11) is 0. The second kappa shape index (κ2) is 9.34. The van der Waals surface area contributed by atoms with Crippen LogP contribution in [0, 0.1) is 0 Å². The number of nitrogens with zero attached hydrogens (tertiary/aromatic N) is 4. The van der Waals surface area contributed by atoms with Crippen LogP contribution in [-0.2, 0) is 0 Å². The Hall–Kier alpha value is -5.22. The number of para-hydroxylation sites is 1. The van der Waals surface area contributed by atoms with E-state index in [2.05, 4.69) is 54.6 Å². The molecule has 0 aliphatic rings. The Morgan fingerprint density at radius 3 is 1.68 bits per heavy atom. The van der Waals surface area contributed by atoms with Crippen molar-refractivity contribution in [1.82, 2.24) is 19.9 Å². The predicted molar refractivity (Wildman–Crippen MR) is 154 cm³/mol. The lowest BCUT2D eigenvalue weighted by molar-refractivity contribution is 1.14. The number of rotatable bonds is 4. The van der Waals surface area contributed by atoms with E-state index in [1.165, 1.54) is 5.39 Å². The third-order valence-electron chi connectivity index (χ3n) is 6.69. The molecule has 0 saturated carbocycles. The van der Waals surface area contributed by atoms with Crippen molar-refractivity contribution in [3.05, 3.63) is 133 Å². The number of aromatic nitrogens is 4. The first-order chi connectivity index (χ1) is 18.8. The summed E-state index contributed by atoms with van der Waals surface area (Å²) in [5.41, 5.74) is 6.29. The minimum atomic E-state index is 0.575. The van der Waals surface area contributed by atoms with Gasteiger partial charge in [0.15, 0.2) is 11.6 Å². The summed E-state index contributed by atoms with van der Waals surface area (Å²) in [5.74, 6) is 1.23. The van der Waals surface area contributed by atoms with Gasteiger partial charge in [0.25, 0.3) is 0 Å². The van der Waals surface area contributed by atoms with E-state index in [1.807, 2.05) is 78.9 Å². The van der Waals surface area contributed by atoms with Gasteiger partial charge in [-0.15, -0.1) is 0 Å². The van der Waals surface area contributed by atoms with Gasteiger partial charge in [-0.25, -0.2) is 19.9 Å². The van der Waals surface area contributed by atoms with Crippen molar-refractivity contribution in [2.75, 3.05) is 0 Å². The van der Waals surface area contributed by atoms with Gasteiger partial charge in [0.05, 0.1) is 16.9 Å². The smallest absolute Gasteiger partial charge is 0.180 e. The Labute approximate surface area is 220 Å². The van der Waals surface area contributed by atoms with Crippen LogP contribution in [0.1, 0.15) is 0 Å². The summed E-state index contributed by atoms with van der Waals surface area (Å²) < 4.78 is 0. The minimum absolute atomic E-state index is 0.575. The minimum Gasteiger partial charge on any atom is -0.228 e. The van der Waals surface area contributed by atoms with E-state index in [1.54, 1.807) is 0 Å². The Bertz CT molecular complexity index is 1860. The first-order valence-corrected chi connectivity index (χ1v) is 12.6. The Morgan fingerprint density at radius 2 is 0.974 bits per heavy atom. The molecule has 5 aromatic carbocycles. The summed E-state index contributed by atoms with van der Waals surface area (Å²) in [5, 5.41) is 3.25. The first kappa shape index (κ1) is 22.0. The van der Waals surface area contributed by atoms with Crippen molar-refractivity contribution in [3.63, 3.8) is 0 Å². The number of fused-ring (bicyclic) bond motifs is 2. The van der Waals surface area contributed by atoms with Crippen molar-refractivity contribution >= 4 is 21.7 Å². The highest BCUT2D eigenvalue weighted by atomic mass is 15.0. The molecule has 38 heavy (non-hydrogen) atoms. The van der Waals surface area contributed by atoms with Gasteiger partial charge in [0.2, 0.25) is 0 Å². The SMILES string of the molecule is c1ccc(-c2cc(-c3ccccc3)nc(-c3nc(-c4ccc5ccccc5c4)nc4ccccc34)n2)cc1. The lowest BCUT2D eigenvalue weighted by Gasteiger charge is -2.12. The molecule has 7 aromatic rings. The van der Waals surface area contributed by atoms with E-state index in [4.69, 9.17) is 19.9 Å². The van der Waals surface area contributed by atoms with Crippen molar-refractivity contribution < 1.29 is 0 Å². The highest BCUT2D eigenvalue weighted by Gasteiger charge is 2.17. The van der Waals surface area contributed by atoms with E-state index in [0.29, 0.717) is 17.3 Å². The van der Waals surface area contributed by atoms with Crippen molar-refractivity contribution in [3.8, 4) is 45.4 Å². The van der Waals surface area contributed by atoms with Crippen LogP contribution < -0.4 is 0 Å². The zero-order valence-corrected chi connectivity index (χ0v) is 20.5. The molecule has 0 aliphatic carbocycles. The molecule has 0 fully saturated rings. The molecule has 0 unspecified atom stereocenters. The third kappa shape index (κ3) is 4.08. The number of hydrogen-bond donors (Lipinski definition) is 0. The average molecular weight is 487 g/mol. The normalized spacial score (nSPS) is 11.2. The maximum atomic E-state index is 5.08. The zero-order chi connectivity index (χ0) is 25.3. The van der Waals surface area contributed by atoms with E-state index in [0.717, 1.165) is 44.4 Å². The molecule has 2 heterocycles. The molecule has 4 heteroatoms. The third-order valence-corrected chi connectivity index (χ3v) is 6.69. The van der Waals surface area contributed by atoms with E-state index >= 15 is 0 Å². The quantitative estimate of drug-likeness (QED) is 0.251. The molecule has 0 radical (unpaired) electrons. The van der Waals surface area contributed by atoms with Gasteiger partial charge in [0, 0.05) is 22.1 Å². The largest absolute Gasteiger partial charge is 0.228 e. The molecule has 0 atom stereocenters. The summed E-state index contributed by atoms with van der Waals surface area (Å²) in [6.07, 6.45) is 0. The van der Waals surface area contributed by atoms with Gasteiger partial charge in [-0.3, -0.25) is 0 Å². The van der Waals surface area contributed by atoms with E-state index < -0.39 is 0 Å². The van der Waals surface area contributed by atoms with E-state index in [-0.39, 0.29) is 0 Å². The number of hydrogen-bond acceptors (Lipinski definition) is 4. The van der Waals surface area contributed by atoms with Crippen LogP contribution in [0.2, 0.25) is 0 Å². The molecule has 0 N–H and O–H groups in total. The van der Waals surface area contributed by atoms with Crippen LogP contribution in [-0.4, -0.2) is 19.9 Å². The van der Waals surface area contributed by atoms with Crippen LogP contribution in [0.5, 0.6) is 0 Å². The van der Waals surface area contributed by atoms with Crippen LogP contribution in [0.4, 0.5) is 0 Å². The average Bonchev–Trinajstić information content (AvgIpc) is 3.01. The van der Waals surface area contributed by atoms with Crippen molar-refractivity contribution in [1.29, 1.82) is 0 Å². The van der Waals surface area contributed by atoms with Crippen LogP contribution in [0.25, 0.3) is 67.1 Å². The van der Waals surface area contributed by atoms with Gasteiger partial charge >= 0.3 is 0 Å². The molecular formula is C34H22N4. The topological polar surface area (TPSA) is 51.6 Å². The molecule has 178 valence electrons. The lowest BCUT2D eigenvalue weighted by Crippen LogP contribution is -2.01. The van der Waals surface area contributed by atoms with Gasteiger partial charge in [-0.2, -0.15) is 0 Å². The molecule has 4 nitrogen and oxygen atoms in total. The first-order valence-electron chi connectivity index (χ1n) is 12.6. The maximum Gasteiger partial charge on any atom is 0.180 e. The molecule has 7 rings (SSSR count). The highest BCUT2D eigenvalue weighted by Crippen LogP contribution is 2.32. The molecule has 2 aromatic heterocycles. The fourth-order valence-electron chi connectivity index (χ4n) is 4.77. The summed E-state index contributed by atoms with van der Waals surface area (Å²) in [6, 6.07) is 45.1.